The van der Waals surface area contributed by atoms with Crippen LogP contribution in [-0.4, -0.2) is 59.3 Å². The lowest BCUT2D eigenvalue weighted by atomic mass is 10.1. The van der Waals surface area contributed by atoms with Gasteiger partial charge < -0.3 is 19.3 Å². The molecule has 0 amide bonds. The van der Waals surface area contributed by atoms with Gasteiger partial charge in [-0.15, -0.1) is 0 Å². The summed E-state index contributed by atoms with van der Waals surface area (Å²) in [7, 11) is 3.52. The van der Waals surface area contributed by atoms with Crippen molar-refractivity contribution < 1.29 is 19.3 Å². The third kappa shape index (κ3) is 7.56. The molecule has 1 atom stereocenters. The number of benzene rings is 2. The van der Waals surface area contributed by atoms with Gasteiger partial charge in [-0.05, 0) is 31.5 Å². The molecule has 0 bridgehead atoms. The minimum Gasteiger partial charge on any atom is -0.493 e. The second kappa shape index (κ2) is 13.9. The van der Waals surface area contributed by atoms with Gasteiger partial charge in [0.25, 0.3) is 0 Å². The molecule has 3 aromatic rings. The SMILES string of the molecule is CCCCOCC(O)CN(CCC)Cc1c(-c2ccccc2)nn(C)c1Oc1ccccc1OC. The molecular weight excluding hydrogens is 442 g/mol. The van der Waals surface area contributed by atoms with Gasteiger partial charge in [-0.2, -0.15) is 5.10 Å². The molecule has 7 nitrogen and oxygen atoms in total. The zero-order valence-corrected chi connectivity index (χ0v) is 21.4. The molecule has 0 aliphatic carbocycles. The molecule has 0 aliphatic rings. The maximum atomic E-state index is 10.7. The molecule has 1 heterocycles. The van der Waals surface area contributed by atoms with Gasteiger partial charge in [0, 0.05) is 32.3 Å². The fourth-order valence-corrected chi connectivity index (χ4v) is 4.05. The van der Waals surface area contributed by atoms with Crippen molar-refractivity contribution in [2.45, 2.75) is 45.8 Å². The predicted molar refractivity (Wildman–Crippen MR) is 139 cm³/mol. The third-order valence-electron chi connectivity index (χ3n) is 5.75. The van der Waals surface area contributed by atoms with Crippen LogP contribution >= 0.6 is 0 Å². The number of hydrogen-bond acceptors (Lipinski definition) is 6. The van der Waals surface area contributed by atoms with Gasteiger partial charge in [0.15, 0.2) is 11.5 Å². The van der Waals surface area contributed by atoms with E-state index in [0.717, 1.165) is 42.6 Å². The molecule has 0 spiro atoms. The Balaban J connectivity index is 1.90. The number of methoxy groups -OCH3 is 1. The summed E-state index contributed by atoms with van der Waals surface area (Å²) in [5, 5.41) is 15.5. The van der Waals surface area contributed by atoms with E-state index in [1.807, 2.05) is 49.5 Å². The largest absolute Gasteiger partial charge is 0.493 e. The van der Waals surface area contributed by atoms with Crippen LogP contribution in [-0.2, 0) is 18.3 Å². The van der Waals surface area contributed by atoms with Crippen molar-refractivity contribution >= 4 is 0 Å². The Hall–Kier alpha value is -2.87. The third-order valence-corrected chi connectivity index (χ3v) is 5.75. The highest BCUT2D eigenvalue weighted by atomic mass is 16.5. The first kappa shape index (κ1) is 26.7. The topological polar surface area (TPSA) is 69.0 Å². The molecule has 1 N–H and O–H groups in total. The monoisotopic (exact) mass is 481 g/mol. The van der Waals surface area contributed by atoms with E-state index < -0.39 is 6.10 Å². The first-order valence-electron chi connectivity index (χ1n) is 12.5. The molecule has 0 fully saturated rings. The molecule has 35 heavy (non-hydrogen) atoms. The zero-order chi connectivity index (χ0) is 25.0. The van der Waals surface area contributed by atoms with Crippen LogP contribution in [0.5, 0.6) is 17.4 Å². The number of aryl methyl sites for hydroxylation is 1. The number of para-hydroxylation sites is 2. The zero-order valence-electron chi connectivity index (χ0n) is 21.4. The Kier molecular flexibility index (Phi) is 10.6. The quantitative estimate of drug-likeness (QED) is 0.298. The molecule has 3 rings (SSSR count). The second-order valence-electron chi connectivity index (χ2n) is 8.69. The van der Waals surface area contributed by atoms with Crippen molar-refractivity contribution in [1.82, 2.24) is 14.7 Å². The van der Waals surface area contributed by atoms with E-state index in [0.29, 0.717) is 43.7 Å². The second-order valence-corrected chi connectivity index (χ2v) is 8.69. The van der Waals surface area contributed by atoms with Crippen LogP contribution in [0.3, 0.4) is 0 Å². The van der Waals surface area contributed by atoms with Crippen molar-refractivity contribution in [2.75, 3.05) is 33.4 Å². The lowest BCUT2D eigenvalue weighted by molar-refractivity contribution is 0.0143. The van der Waals surface area contributed by atoms with E-state index in [2.05, 4.69) is 30.9 Å². The van der Waals surface area contributed by atoms with Crippen LogP contribution in [0.15, 0.2) is 54.6 Å². The minimum absolute atomic E-state index is 0.337. The summed E-state index contributed by atoms with van der Waals surface area (Å²) in [6.07, 6.45) is 2.49. The minimum atomic E-state index is -0.561. The Bertz CT molecular complexity index is 1020. The molecule has 1 aromatic heterocycles. The van der Waals surface area contributed by atoms with Gasteiger partial charge in [-0.3, -0.25) is 4.90 Å². The summed E-state index contributed by atoms with van der Waals surface area (Å²) in [4.78, 5) is 2.24. The van der Waals surface area contributed by atoms with Crippen LogP contribution in [0.2, 0.25) is 0 Å². The number of aliphatic hydroxyl groups excluding tert-OH is 1. The van der Waals surface area contributed by atoms with Crippen LogP contribution in [0.25, 0.3) is 11.3 Å². The number of ether oxygens (including phenoxy) is 3. The van der Waals surface area contributed by atoms with E-state index in [1.165, 1.54) is 0 Å². The van der Waals surface area contributed by atoms with Crippen molar-refractivity contribution in [3.8, 4) is 28.6 Å². The normalized spacial score (nSPS) is 12.2. The van der Waals surface area contributed by atoms with Gasteiger partial charge in [0.2, 0.25) is 5.88 Å². The highest BCUT2D eigenvalue weighted by molar-refractivity contribution is 5.65. The van der Waals surface area contributed by atoms with Crippen molar-refractivity contribution in [3.05, 3.63) is 60.2 Å². The number of nitrogens with zero attached hydrogens (tertiary/aromatic N) is 3. The average Bonchev–Trinajstić information content (AvgIpc) is 3.17. The number of hydrogen-bond donors (Lipinski definition) is 1. The lowest BCUT2D eigenvalue weighted by Gasteiger charge is -2.25. The highest BCUT2D eigenvalue weighted by Gasteiger charge is 2.24. The van der Waals surface area contributed by atoms with Crippen LogP contribution in [0.4, 0.5) is 0 Å². The first-order chi connectivity index (χ1) is 17.1. The van der Waals surface area contributed by atoms with Crippen molar-refractivity contribution in [3.63, 3.8) is 0 Å². The molecule has 0 saturated carbocycles. The fraction of sp³-hybridized carbons (Fsp3) is 0.464. The number of aliphatic hydroxyl groups is 1. The van der Waals surface area contributed by atoms with Crippen LogP contribution in [0.1, 0.15) is 38.7 Å². The van der Waals surface area contributed by atoms with Gasteiger partial charge in [0.05, 0.1) is 25.4 Å². The van der Waals surface area contributed by atoms with Crippen molar-refractivity contribution in [2.24, 2.45) is 7.05 Å². The molecule has 0 radical (unpaired) electrons. The van der Waals surface area contributed by atoms with Crippen LogP contribution in [0, 0.1) is 0 Å². The predicted octanol–water partition coefficient (Wildman–Crippen LogP) is 5.28. The van der Waals surface area contributed by atoms with E-state index in [-0.39, 0.29) is 0 Å². The molecule has 0 aliphatic heterocycles. The summed E-state index contributed by atoms with van der Waals surface area (Å²) in [6, 6.07) is 17.7. The molecular formula is C28H39N3O4. The standard InChI is InChI=1S/C28H39N3O4/c1-5-7-18-34-21-23(32)19-31(17-6-2)20-24-27(22-13-9-8-10-14-22)29-30(3)28(24)35-26-16-12-11-15-25(26)33-4/h8-16,23,32H,5-7,17-21H2,1-4H3. The number of unbranched alkanes of at least 4 members (excludes halogenated alkanes) is 1. The Morgan fingerprint density at radius 3 is 2.40 bits per heavy atom. The average molecular weight is 482 g/mol. The maximum absolute atomic E-state index is 10.7. The fourth-order valence-electron chi connectivity index (χ4n) is 4.05. The summed E-state index contributed by atoms with van der Waals surface area (Å²) in [6.45, 7) is 7.22. The van der Waals surface area contributed by atoms with Gasteiger partial charge in [0.1, 0.15) is 5.69 Å². The first-order valence-corrected chi connectivity index (χ1v) is 12.5. The summed E-state index contributed by atoms with van der Waals surface area (Å²) in [5.41, 5.74) is 2.86. The molecule has 190 valence electrons. The van der Waals surface area contributed by atoms with E-state index in [4.69, 9.17) is 19.3 Å². The van der Waals surface area contributed by atoms with Gasteiger partial charge >= 0.3 is 0 Å². The molecule has 1 unspecified atom stereocenters. The number of rotatable bonds is 15. The summed E-state index contributed by atoms with van der Waals surface area (Å²) < 4.78 is 19.3. The van der Waals surface area contributed by atoms with Crippen molar-refractivity contribution in [1.29, 1.82) is 0 Å². The Morgan fingerprint density at radius 1 is 1.00 bits per heavy atom. The lowest BCUT2D eigenvalue weighted by Crippen LogP contribution is -2.35. The van der Waals surface area contributed by atoms with Crippen LogP contribution < -0.4 is 9.47 Å². The smallest absolute Gasteiger partial charge is 0.222 e. The number of aromatic nitrogens is 2. The van der Waals surface area contributed by atoms with E-state index in [9.17, 15) is 5.11 Å². The molecule has 0 saturated heterocycles. The van der Waals surface area contributed by atoms with E-state index >= 15 is 0 Å². The summed E-state index contributed by atoms with van der Waals surface area (Å²) in [5.74, 6) is 1.94. The van der Waals surface area contributed by atoms with Gasteiger partial charge in [-0.1, -0.05) is 62.7 Å². The summed E-state index contributed by atoms with van der Waals surface area (Å²) >= 11 is 0. The molecule has 7 heteroatoms. The highest BCUT2D eigenvalue weighted by Crippen LogP contribution is 2.37. The molecule has 2 aromatic carbocycles. The maximum Gasteiger partial charge on any atom is 0.222 e. The van der Waals surface area contributed by atoms with E-state index in [1.54, 1.807) is 11.8 Å². The van der Waals surface area contributed by atoms with Gasteiger partial charge in [-0.25, -0.2) is 4.68 Å². The Labute approximate surface area is 209 Å². The Morgan fingerprint density at radius 2 is 1.71 bits per heavy atom.